The summed E-state index contributed by atoms with van der Waals surface area (Å²) < 4.78 is 4.85. The molecule has 152 valence electrons. The fourth-order valence-electron chi connectivity index (χ4n) is 5.60. The quantitative estimate of drug-likeness (QED) is 0.480. The van der Waals surface area contributed by atoms with Crippen molar-refractivity contribution < 1.29 is 24.2 Å². The van der Waals surface area contributed by atoms with Crippen LogP contribution in [-0.2, 0) is 14.3 Å². The van der Waals surface area contributed by atoms with Crippen LogP contribution in [0.1, 0.15) is 51.4 Å². The molecule has 4 aliphatic rings. The van der Waals surface area contributed by atoms with Crippen LogP contribution in [-0.4, -0.2) is 54.9 Å². The molecule has 0 aromatic heterocycles. The fourth-order valence-corrected chi connectivity index (χ4v) is 5.60. The van der Waals surface area contributed by atoms with Crippen LogP contribution in [0.3, 0.4) is 0 Å². The molecule has 0 saturated heterocycles. The first-order chi connectivity index (χ1) is 12.9. The zero-order chi connectivity index (χ0) is 19.4. The molecule has 4 bridgehead atoms. The van der Waals surface area contributed by atoms with E-state index in [0.29, 0.717) is 0 Å². The SMILES string of the molecule is COCCC(NC(=O)CCNC(=O)NC12CC3CC(CC(C3)C1)C2)C(=O)O. The highest BCUT2D eigenvalue weighted by Crippen LogP contribution is 2.55. The van der Waals surface area contributed by atoms with Crippen LogP contribution in [0.2, 0.25) is 0 Å². The van der Waals surface area contributed by atoms with Crippen molar-refractivity contribution in [2.24, 2.45) is 17.8 Å². The van der Waals surface area contributed by atoms with Gasteiger partial charge in [-0.15, -0.1) is 0 Å². The zero-order valence-electron chi connectivity index (χ0n) is 16.0. The van der Waals surface area contributed by atoms with E-state index < -0.39 is 17.9 Å². The van der Waals surface area contributed by atoms with Crippen LogP contribution < -0.4 is 16.0 Å². The Hall–Kier alpha value is -1.83. The third kappa shape index (κ3) is 5.12. The Kier molecular flexibility index (Phi) is 6.24. The summed E-state index contributed by atoms with van der Waals surface area (Å²) in [6.07, 6.45) is 7.43. The number of urea groups is 1. The smallest absolute Gasteiger partial charge is 0.326 e. The molecule has 4 aliphatic carbocycles. The standard InChI is InChI=1S/C19H31N3O5/c1-27-5-3-15(17(24)25)21-16(23)2-4-20-18(26)22-19-9-12-6-13(10-19)8-14(7-12)11-19/h12-15H,2-11H2,1H3,(H,21,23)(H,24,25)(H2,20,22,26). The summed E-state index contributed by atoms with van der Waals surface area (Å²) in [5.74, 6) is 0.772. The second-order valence-corrected chi connectivity index (χ2v) is 8.57. The minimum absolute atomic E-state index is 0.0467. The number of carbonyl (C=O) groups excluding carboxylic acids is 2. The van der Waals surface area contributed by atoms with Crippen molar-refractivity contribution >= 4 is 17.9 Å². The van der Waals surface area contributed by atoms with Gasteiger partial charge in [0.05, 0.1) is 0 Å². The fraction of sp³-hybridized carbons (Fsp3) is 0.842. The number of carbonyl (C=O) groups is 3. The number of amides is 3. The van der Waals surface area contributed by atoms with Crippen molar-refractivity contribution in [1.82, 2.24) is 16.0 Å². The van der Waals surface area contributed by atoms with Gasteiger partial charge in [0.1, 0.15) is 6.04 Å². The van der Waals surface area contributed by atoms with Crippen LogP contribution in [0.15, 0.2) is 0 Å². The third-order valence-corrected chi connectivity index (χ3v) is 6.30. The van der Waals surface area contributed by atoms with Crippen LogP contribution in [0, 0.1) is 17.8 Å². The molecule has 8 nitrogen and oxygen atoms in total. The predicted octanol–water partition coefficient (Wildman–Crippen LogP) is 1.25. The van der Waals surface area contributed by atoms with Gasteiger partial charge < -0.3 is 25.8 Å². The van der Waals surface area contributed by atoms with E-state index in [1.165, 1.54) is 26.4 Å². The minimum Gasteiger partial charge on any atom is -0.480 e. The van der Waals surface area contributed by atoms with Crippen LogP contribution >= 0.6 is 0 Å². The lowest BCUT2D eigenvalue weighted by Gasteiger charge is -2.56. The lowest BCUT2D eigenvalue weighted by molar-refractivity contribution is -0.142. The number of methoxy groups -OCH3 is 1. The summed E-state index contributed by atoms with van der Waals surface area (Å²) in [4.78, 5) is 35.4. The first-order valence-electron chi connectivity index (χ1n) is 9.96. The van der Waals surface area contributed by atoms with Gasteiger partial charge in [-0.25, -0.2) is 9.59 Å². The maximum atomic E-state index is 12.3. The zero-order valence-corrected chi connectivity index (χ0v) is 16.0. The average molecular weight is 381 g/mol. The molecule has 4 N–H and O–H groups in total. The van der Waals surface area contributed by atoms with E-state index in [9.17, 15) is 14.4 Å². The van der Waals surface area contributed by atoms with Gasteiger partial charge in [0, 0.05) is 38.6 Å². The monoisotopic (exact) mass is 381 g/mol. The van der Waals surface area contributed by atoms with Gasteiger partial charge in [0.2, 0.25) is 5.91 Å². The molecule has 0 radical (unpaired) electrons. The van der Waals surface area contributed by atoms with E-state index in [0.717, 1.165) is 37.0 Å². The molecule has 27 heavy (non-hydrogen) atoms. The molecule has 0 aromatic rings. The summed E-state index contributed by atoms with van der Waals surface area (Å²) in [5.41, 5.74) is -0.0599. The maximum Gasteiger partial charge on any atom is 0.326 e. The van der Waals surface area contributed by atoms with Crippen molar-refractivity contribution in [3.05, 3.63) is 0 Å². The molecular weight excluding hydrogens is 350 g/mol. The molecule has 0 aromatic carbocycles. The van der Waals surface area contributed by atoms with Crippen molar-refractivity contribution in [3.63, 3.8) is 0 Å². The molecule has 0 heterocycles. The lowest BCUT2D eigenvalue weighted by atomic mass is 9.53. The molecule has 3 amide bonds. The third-order valence-electron chi connectivity index (χ3n) is 6.30. The summed E-state index contributed by atoms with van der Waals surface area (Å²) in [7, 11) is 1.48. The second kappa shape index (κ2) is 8.46. The highest BCUT2D eigenvalue weighted by atomic mass is 16.5. The van der Waals surface area contributed by atoms with Gasteiger partial charge in [-0.3, -0.25) is 4.79 Å². The van der Waals surface area contributed by atoms with E-state index in [4.69, 9.17) is 9.84 Å². The van der Waals surface area contributed by atoms with Gasteiger partial charge in [0.15, 0.2) is 0 Å². The molecule has 0 spiro atoms. The molecular formula is C19H31N3O5. The number of hydrogen-bond acceptors (Lipinski definition) is 4. The molecule has 0 aliphatic heterocycles. The number of carboxylic acid groups (broad SMARTS) is 1. The van der Waals surface area contributed by atoms with Crippen LogP contribution in [0.5, 0.6) is 0 Å². The summed E-state index contributed by atoms with van der Waals surface area (Å²) in [6.45, 7) is 0.434. The van der Waals surface area contributed by atoms with Gasteiger partial charge in [-0.05, 0) is 56.3 Å². The summed E-state index contributed by atoms with van der Waals surface area (Å²) >= 11 is 0. The number of carboxylic acids is 1. The summed E-state index contributed by atoms with van der Waals surface area (Å²) in [6, 6.07) is -1.20. The van der Waals surface area contributed by atoms with Crippen LogP contribution in [0.25, 0.3) is 0 Å². The molecule has 1 atom stereocenters. The number of hydrogen-bond donors (Lipinski definition) is 4. The van der Waals surface area contributed by atoms with Gasteiger partial charge in [-0.2, -0.15) is 0 Å². The Morgan fingerprint density at radius 1 is 1.11 bits per heavy atom. The number of rotatable bonds is 9. The molecule has 4 fully saturated rings. The number of ether oxygens (including phenoxy) is 1. The summed E-state index contributed by atoms with van der Waals surface area (Å²) in [5, 5.41) is 17.5. The van der Waals surface area contributed by atoms with E-state index in [-0.39, 0.29) is 37.6 Å². The first kappa shape index (κ1) is 19.9. The highest BCUT2D eigenvalue weighted by molar-refractivity contribution is 5.84. The Morgan fingerprint density at radius 2 is 1.70 bits per heavy atom. The Balaban J connectivity index is 1.38. The van der Waals surface area contributed by atoms with Crippen molar-refractivity contribution in [3.8, 4) is 0 Å². The molecule has 4 rings (SSSR count). The van der Waals surface area contributed by atoms with Crippen molar-refractivity contribution in [1.29, 1.82) is 0 Å². The molecule has 1 unspecified atom stereocenters. The van der Waals surface area contributed by atoms with Crippen LogP contribution in [0.4, 0.5) is 4.79 Å². The van der Waals surface area contributed by atoms with Crippen molar-refractivity contribution in [2.75, 3.05) is 20.3 Å². The van der Waals surface area contributed by atoms with Crippen molar-refractivity contribution in [2.45, 2.75) is 62.9 Å². The topological polar surface area (TPSA) is 117 Å². The number of aliphatic carboxylic acids is 1. The Morgan fingerprint density at radius 3 is 2.22 bits per heavy atom. The van der Waals surface area contributed by atoms with E-state index in [1.54, 1.807) is 0 Å². The Labute approximate surface area is 159 Å². The largest absolute Gasteiger partial charge is 0.480 e. The molecule has 4 saturated carbocycles. The normalized spacial score (nSPS) is 32.0. The Bertz CT molecular complexity index is 544. The average Bonchev–Trinajstić information content (AvgIpc) is 2.56. The minimum atomic E-state index is -1.09. The highest BCUT2D eigenvalue weighted by Gasteiger charge is 2.51. The first-order valence-corrected chi connectivity index (χ1v) is 9.96. The molecule has 8 heteroatoms. The maximum absolute atomic E-state index is 12.3. The lowest BCUT2D eigenvalue weighted by Crippen LogP contribution is -2.61. The predicted molar refractivity (Wildman–Crippen MR) is 98.1 cm³/mol. The van der Waals surface area contributed by atoms with Gasteiger partial charge in [-0.1, -0.05) is 0 Å². The van der Waals surface area contributed by atoms with Gasteiger partial charge in [0.25, 0.3) is 0 Å². The van der Waals surface area contributed by atoms with Gasteiger partial charge >= 0.3 is 12.0 Å². The number of nitrogens with one attached hydrogen (secondary N) is 3. The van der Waals surface area contributed by atoms with E-state index in [1.807, 2.05) is 0 Å². The second-order valence-electron chi connectivity index (χ2n) is 8.57. The van der Waals surface area contributed by atoms with E-state index in [2.05, 4.69) is 16.0 Å². The van der Waals surface area contributed by atoms with E-state index >= 15 is 0 Å².